The second kappa shape index (κ2) is 5.57. The standard InChI is InChI=1S/C15H12BrN3O2/c1-21-13-5-3-2-4-12(13)17-8-11-10-6-9(16)7-18-14(10)19-15(11)20/h2-8,17H,1H3,(H,18,19,20)/b11-8-. The number of anilines is 2. The van der Waals surface area contributed by atoms with Gasteiger partial charge in [0.1, 0.15) is 11.6 Å². The summed E-state index contributed by atoms with van der Waals surface area (Å²) < 4.78 is 6.08. The van der Waals surface area contributed by atoms with Crippen molar-refractivity contribution >= 4 is 38.9 Å². The zero-order valence-corrected chi connectivity index (χ0v) is 12.8. The molecule has 6 heteroatoms. The molecule has 0 saturated heterocycles. The smallest absolute Gasteiger partial charge is 0.259 e. The molecule has 0 radical (unpaired) electrons. The van der Waals surface area contributed by atoms with Crippen molar-refractivity contribution in [3.8, 4) is 5.75 Å². The van der Waals surface area contributed by atoms with Crippen LogP contribution in [0, 0.1) is 0 Å². The van der Waals surface area contributed by atoms with E-state index in [0.717, 1.165) is 15.7 Å². The molecule has 0 saturated carbocycles. The van der Waals surface area contributed by atoms with E-state index in [2.05, 4.69) is 31.5 Å². The third kappa shape index (κ3) is 2.62. The van der Waals surface area contributed by atoms with Crippen molar-refractivity contribution in [1.82, 2.24) is 4.98 Å². The van der Waals surface area contributed by atoms with Gasteiger partial charge in [-0.25, -0.2) is 4.98 Å². The third-order valence-electron chi connectivity index (χ3n) is 3.10. The van der Waals surface area contributed by atoms with Gasteiger partial charge in [0, 0.05) is 22.4 Å². The minimum atomic E-state index is -0.182. The Labute approximate surface area is 130 Å². The highest BCUT2D eigenvalue weighted by Gasteiger charge is 2.25. The number of amides is 1. The minimum absolute atomic E-state index is 0.182. The van der Waals surface area contributed by atoms with E-state index in [1.54, 1.807) is 19.5 Å². The topological polar surface area (TPSA) is 63.2 Å². The van der Waals surface area contributed by atoms with Crippen LogP contribution in [0.2, 0.25) is 0 Å². The summed E-state index contributed by atoms with van der Waals surface area (Å²) in [6, 6.07) is 9.36. The van der Waals surface area contributed by atoms with E-state index in [9.17, 15) is 4.79 Å². The molecule has 1 aliphatic rings. The average Bonchev–Trinajstić information content (AvgIpc) is 2.80. The predicted molar refractivity (Wildman–Crippen MR) is 85.2 cm³/mol. The first-order valence-corrected chi connectivity index (χ1v) is 7.05. The van der Waals surface area contributed by atoms with E-state index in [4.69, 9.17) is 4.74 Å². The lowest BCUT2D eigenvalue weighted by Crippen LogP contribution is -2.05. The van der Waals surface area contributed by atoms with Crippen molar-refractivity contribution in [1.29, 1.82) is 0 Å². The number of carbonyl (C=O) groups excluding carboxylic acids is 1. The number of rotatable bonds is 3. The Kier molecular flexibility index (Phi) is 3.62. The van der Waals surface area contributed by atoms with Crippen molar-refractivity contribution in [3.63, 3.8) is 0 Å². The molecule has 2 N–H and O–H groups in total. The quantitative estimate of drug-likeness (QED) is 0.838. The van der Waals surface area contributed by atoms with Crippen LogP contribution in [0.15, 0.2) is 47.2 Å². The number of nitrogens with one attached hydrogen (secondary N) is 2. The molecule has 1 amide bonds. The van der Waals surface area contributed by atoms with Gasteiger partial charge in [-0.2, -0.15) is 0 Å². The molecule has 1 aliphatic heterocycles. The van der Waals surface area contributed by atoms with E-state index in [1.165, 1.54) is 0 Å². The number of methoxy groups -OCH3 is 1. The van der Waals surface area contributed by atoms with Gasteiger partial charge in [0.25, 0.3) is 5.91 Å². The summed E-state index contributed by atoms with van der Waals surface area (Å²) in [5.74, 6) is 1.09. The number of ether oxygens (including phenoxy) is 1. The van der Waals surface area contributed by atoms with Gasteiger partial charge in [0.2, 0.25) is 0 Å². The number of pyridine rings is 1. The van der Waals surface area contributed by atoms with Crippen LogP contribution < -0.4 is 15.4 Å². The Bertz CT molecular complexity index is 743. The van der Waals surface area contributed by atoms with Crippen LogP contribution in [0.4, 0.5) is 11.5 Å². The highest BCUT2D eigenvalue weighted by molar-refractivity contribution is 9.10. The first-order valence-electron chi connectivity index (χ1n) is 6.26. The van der Waals surface area contributed by atoms with E-state index < -0.39 is 0 Å². The maximum absolute atomic E-state index is 12.0. The molecule has 0 atom stereocenters. The van der Waals surface area contributed by atoms with Crippen LogP contribution in [0.5, 0.6) is 5.75 Å². The largest absolute Gasteiger partial charge is 0.495 e. The molecule has 3 rings (SSSR count). The predicted octanol–water partition coefficient (Wildman–Crippen LogP) is 3.26. The molecule has 0 bridgehead atoms. The number of nitrogens with zero attached hydrogens (tertiary/aromatic N) is 1. The number of halogens is 1. The van der Waals surface area contributed by atoms with Crippen LogP contribution in [0.3, 0.4) is 0 Å². The second-order valence-electron chi connectivity index (χ2n) is 4.41. The Hall–Kier alpha value is -2.34. The fraction of sp³-hybridized carbons (Fsp3) is 0.0667. The number of aromatic nitrogens is 1. The highest BCUT2D eigenvalue weighted by atomic mass is 79.9. The van der Waals surface area contributed by atoms with Gasteiger partial charge in [-0.1, -0.05) is 12.1 Å². The number of hydrogen-bond acceptors (Lipinski definition) is 4. The zero-order chi connectivity index (χ0) is 14.8. The number of carbonyl (C=O) groups is 1. The monoisotopic (exact) mass is 345 g/mol. The summed E-state index contributed by atoms with van der Waals surface area (Å²) >= 11 is 3.36. The van der Waals surface area contributed by atoms with Gasteiger partial charge in [-0.3, -0.25) is 4.79 Å². The van der Waals surface area contributed by atoms with Crippen molar-refractivity contribution in [2.24, 2.45) is 0 Å². The Balaban J connectivity index is 1.94. The molecule has 1 aromatic heterocycles. The number of hydrogen-bond donors (Lipinski definition) is 2. The van der Waals surface area contributed by atoms with E-state index >= 15 is 0 Å². The molecule has 0 unspecified atom stereocenters. The first kappa shape index (κ1) is 13.6. The van der Waals surface area contributed by atoms with Gasteiger partial charge in [0.15, 0.2) is 0 Å². The Morgan fingerprint density at radius 2 is 2.19 bits per heavy atom. The van der Waals surface area contributed by atoms with E-state index in [-0.39, 0.29) is 5.91 Å². The van der Waals surface area contributed by atoms with E-state index in [0.29, 0.717) is 17.1 Å². The lowest BCUT2D eigenvalue weighted by molar-refractivity contribution is -0.110. The molecule has 0 spiro atoms. The molecule has 0 aliphatic carbocycles. The Morgan fingerprint density at radius 1 is 1.38 bits per heavy atom. The van der Waals surface area contributed by atoms with Crippen LogP contribution in [-0.4, -0.2) is 18.0 Å². The van der Waals surface area contributed by atoms with Gasteiger partial charge in [-0.05, 0) is 34.1 Å². The molecule has 0 fully saturated rings. The summed E-state index contributed by atoms with van der Waals surface area (Å²) in [6.45, 7) is 0. The van der Waals surface area contributed by atoms with Crippen LogP contribution in [-0.2, 0) is 4.79 Å². The highest BCUT2D eigenvalue weighted by Crippen LogP contribution is 2.32. The third-order valence-corrected chi connectivity index (χ3v) is 3.53. The second-order valence-corrected chi connectivity index (χ2v) is 5.32. The minimum Gasteiger partial charge on any atom is -0.495 e. The summed E-state index contributed by atoms with van der Waals surface area (Å²) in [7, 11) is 1.60. The van der Waals surface area contributed by atoms with Gasteiger partial charge >= 0.3 is 0 Å². The lowest BCUT2D eigenvalue weighted by atomic mass is 10.1. The van der Waals surface area contributed by atoms with Gasteiger partial charge < -0.3 is 15.4 Å². The van der Waals surface area contributed by atoms with Gasteiger partial charge in [0.05, 0.1) is 18.4 Å². The number of benzene rings is 1. The first-order chi connectivity index (χ1) is 10.2. The molecule has 106 valence electrons. The van der Waals surface area contributed by atoms with Crippen molar-refractivity contribution < 1.29 is 9.53 Å². The molecule has 21 heavy (non-hydrogen) atoms. The van der Waals surface area contributed by atoms with Crippen LogP contribution in [0.1, 0.15) is 5.56 Å². The van der Waals surface area contributed by atoms with Crippen LogP contribution in [0.25, 0.3) is 5.57 Å². The van der Waals surface area contributed by atoms with Gasteiger partial charge in [-0.15, -0.1) is 0 Å². The van der Waals surface area contributed by atoms with Crippen molar-refractivity contribution in [3.05, 3.63) is 52.8 Å². The zero-order valence-electron chi connectivity index (χ0n) is 11.2. The molecular formula is C15H12BrN3O2. The SMILES string of the molecule is COc1ccccc1N/C=C1\C(=O)Nc2ncc(Br)cc21. The lowest BCUT2D eigenvalue weighted by Gasteiger charge is -2.08. The van der Waals surface area contributed by atoms with Crippen molar-refractivity contribution in [2.45, 2.75) is 0 Å². The fourth-order valence-electron chi connectivity index (χ4n) is 2.10. The number of para-hydroxylation sites is 2. The maximum Gasteiger partial charge on any atom is 0.259 e. The fourth-order valence-corrected chi connectivity index (χ4v) is 2.43. The molecule has 1 aromatic carbocycles. The molecular weight excluding hydrogens is 334 g/mol. The normalized spacial score (nSPS) is 14.8. The number of fused-ring (bicyclic) bond motifs is 1. The van der Waals surface area contributed by atoms with Crippen LogP contribution >= 0.6 is 15.9 Å². The van der Waals surface area contributed by atoms with Crippen molar-refractivity contribution in [2.75, 3.05) is 17.7 Å². The summed E-state index contributed by atoms with van der Waals surface area (Å²) in [6.07, 6.45) is 3.31. The summed E-state index contributed by atoms with van der Waals surface area (Å²) in [5, 5.41) is 5.84. The summed E-state index contributed by atoms with van der Waals surface area (Å²) in [5.41, 5.74) is 2.08. The van der Waals surface area contributed by atoms with E-state index in [1.807, 2.05) is 30.3 Å². The average molecular weight is 346 g/mol. The molecule has 2 aromatic rings. The summed E-state index contributed by atoms with van der Waals surface area (Å²) in [4.78, 5) is 16.2. The molecule has 5 nitrogen and oxygen atoms in total. The molecule has 2 heterocycles. The Morgan fingerprint density at radius 3 is 3.00 bits per heavy atom. The maximum atomic E-state index is 12.0.